The molecule has 116 valence electrons. The van der Waals surface area contributed by atoms with Gasteiger partial charge in [0.25, 0.3) is 0 Å². The van der Waals surface area contributed by atoms with Crippen LogP contribution >= 0.6 is 31.9 Å². The molecule has 0 heterocycles. The van der Waals surface area contributed by atoms with Gasteiger partial charge in [-0.15, -0.1) is 0 Å². The van der Waals surface area contributed by atoms with Crippen molar-refractivity contribution in [1.82, 2.24) is 10.0 Å². The lowest BCUT2D eigenvalue weighted by Gasteiger charge is -2.16. The predicted molar refractivity (Wildman–Crippen MR) is 87.2 cm³/mol. The molecule has 0 saturated heterocycles. The van der Waals surface area contributed by atoms with E-state index >= 15 is 0 Å². The summed E-state index contributed by atoms with van der Waals surface area (Å²) in [4.78, 5) is 11.8. The van der Waals surface area contributed by atoms with Gasteiger partial charge in [0, 0.05) is 15.0 Å². The number of carbonyl (C=O) groups excluding carboxylic acids is 1. The van der Waals surface area contributed by atoms with Crippen LogP contribution in [0.2, 0.25) is 0 Å². The van der Waals surface area contributed by atoms with E-state index in [1.165, 1.54) is 13.0 Å². The van der Waals surface area contributed by atoms with E-state index in [-0.39, 0.29) is 22.5 Å². The zero-order chi connectivity index (χ0) is 15.8. The summed E-state index contributed by atoms with van der Waals surface area (Å²) in [7, 11) is -3.90. The number of anilines is 1. The van der Waals surface area contributed by atoms with Crippen molar-refractivity contribution in [3.8, 4) is 0 Å². The molecule has 1 fully saturated rings. The Hall–Kier alpha value is -0.640. The second-order valence-electron chi connectivity index (χ2n) is 4.93. The van der Waals surface area contributed by atoms with Crippen LogP contribution in [0.15, 0.2) is 26.0 Å². The Kier molecular flexibility index (Phi) is 4.96. The molecule has 0 aromatic heterocycles. The summed E-state index contributed by atoms with van der Waals surface area (Å²) < 4.78 is 28.1. The number of hydrogen-bond donors (Lipinski definition) is 3. The molecule has 2 rings (SSSR count). The van der Waals surface area contributed by atoms with Crippen molar-refractivity contribution in [3.05, 3.63) is 21.1 Å². The number of benzene rings is 1. The highest BCUT2D eigenvalue weighted by molar-refractivity contribution is 9.11. The van der Waals surface area contributed by atoms with Crippen molar-refractivity contribution >= 4 is 53.5 Å². The molecule has 1 atom stereocenters. The van der Waals surface area contributed by atoms with Crippen molar-refractivity contribution < 1.29 is 13.2 Å². The Bertz CT molecular complexity index is 651. The molecule has 21 heavy (non-hydrogen) atoms. The Morgan fingerprint density at radius 3 is 2.52 bits per heavy atom. The lowest BCUT2D eigenvalue weighted by Crippen LogP contribution is -2.45. The molecule has 1 amide bonds. The number of rotatable bonds is 5. The van der Waals surface area contributed by atoms with E-state index in [1.807, 2.05) is 0 Å². The van der Waals surface area contributed by atoms with E-state index in [1.54, 1.807) is 6.07 Å². The third kappa shape index (κ3) is 4.18. The van der Waals surface area contributed by atoms with Crippen molar-refractivity contribution in [2.45, 2.75) is 36.7 Å². The van der Waals surface area contributed by atoms with E-state index in [4.69, 9.17) is 5.73 Å². The summed E-state index contributed by atoms with van der Waals surface area (Å²) in [5, 5.41) is 2.75. The molecule has 4 N–H and O–H groups in total. The van der Waals surface area contributed by atoms with Crippen molar-refractivity contribution in [3.63, 3.8) is 0 Å². The molecule has 1 saturated carbocycles. The first-order valence-electron chi connectivity index (χ1n) is 6.28. The van der Waals surface area contributed by atoms with Gasteiger partial charge in [0.2, 0.25) is 15.9 Å². The summed E-state index contributed by atoms with van der Waals surface area (Å²) >= 11 is 6.41. The minimum atomic E-state index is -3.90. The second kappa shape index (κ2) is 6.23. The molecule has 6 nitrogen and oxygen atoms in total. The zero-order valence-corrected chi connectivity index (χ0v) is 15.2. The van der Waals surface area contributed by atoms with Gasteiger partial charge in [0.15, 0.2) is 0 Å². The summed E-state index contributed by atoms with van der Waals surface area (Å²) in [6.07, 6.45) is 1.88. The summed E-state index contributed by atoms with van der Waals surface area (Å²) in [5.41, 5.74) is 5.87. The summed E-state index contributed by atoms with van der Waals surface area (Å²) in [5.74, 6) is -0.340. The number of sulfonamides is 1. The highest BCUT2D eigenvalue weighted by Gasteiger charge is 2.29. The van der Waals surface area contributed by atoms with Gasteiger partial charge in [-0.2, -0.15) is 4.72 Å². The highest BCUT2D eigenvalue weighted by atomic mass is 79.9. The Morgan fingerprint density at radius 2 is 2.00 bits per heavy atom. The maximum atomic E-state index is 12.4. The van der Waals surface area contributed by atoms with Crippen LogP contribution in [-0.2, 0) is 14.8 Å². The minimum Gasteiger partial charge on any atom is -0.398 e. The van der Waals surface area contributed by atoms with Gasteiger partial charge in [-0.25, -0.2) is 8.42 Å². The van der Waals surface area contributed by atoms with Gasteiger partial charge in [-0.1, -0.05) is 15.9 Å². The molecule has 1 aliphatic carbocycles. The van der Waals surface area contributed by atoms with Crippen LogP contribution in [0, 0.1) is 0 Å². The normalized spacial score (nSPS) is 16.5. The smallest absolute Gasteiger partial charge is 0.244 e. The van der Waals surface area contributed by atoms with Crippen LogP contribution in [0.25, 0.3) is 0 Å². The molecule has 9 heteroatoms. The molecule has 0 bridgehead atoms. The predicted octanol–water partition coefficient (Wildman–Crippen LogP) is 1.74. The van der Waals surface area contributed by atoms with E-state index in [0.717, 1.165) is 12.8 Å². The molecule has 1 aromatic rings. The first kappa shape index (κ1) is 16.7. The number of nitrogen functional groups attached to an aromatic ring is 1. The average molecular weight is 441 g/mol. The van der Waals surface area contributed by atoms with Crippen LogP contribution in [0.3, 0.4) is 0 Å². The Morgan fingerprint density at radius 1 is 1.38 bits per heavy atom. The molecule has 0 radical (unpaired) electrons. The maximum Gasteiger partial charge on any atom is 0.244 e. The Balaban J connectivity index is 2.20. The van der Waals surface area contributed by atoms with Gasteiger partial charge in [-0.05, 0) is 47.8 Å². The lowest BCUT2D eigenvalue weighted by atomic mass is 10.3. The van der Waals surface area contributed by atoms with Crippen LogP contribution in [0.1, 0.15) is 19.8 Å². The van der Waals surface area contributed by atoms with Gasteiger partial charge in [0.05, 0.1) is 11.7 Å². The van der Waals surface area contributed by atoms with Gasteiger partial charge in [-0.3, -0.25) is 4.79 Å². The van der Waals surface area contributed by atoms with Crippen molar-refractivity contribution in [1.29, 1.82) is 0 Å². The largest absolute Gasteiger partial charge is 0.398 e. The number of nitrogens with two attached hydrogens (primary N) is 1. The van der Waals surface area contributed by atoms with E-state index < -0.39 is 16.1 Å². The zero-order valence-electron chi connectivity index (χ0n) is 11.2. The van der Waals surface area contributed by atoms with Crippen LogP contribution in [0.5, 0.6) is 0 Å². The molecular formula is C12H15Br2N3O3S. The molecule has 1 aromatic carbocycles. The molecule has 0 spiro atoms. The van der Waals surface area contributed by atoms with E-state index in [2.05, 4.69) is 41.9 Å². The fraction of sp³-hybridized carbons (Fsp3) is 0.417. The Labute approximate surface area is 140 Å². The first-order valence-corrected chi connectivity index (χ1v) is 9.35. The monoisotopic (exact) mass is 439 g/mol. The molecule has 1 aliphatic rings. The number of amides is 1. The number of hydrogen-bond acceptors (Lipinski definition) is 4. The van der Waals surface area contributed by atoms with Gasteiger partial charge < -0.3 is 11.1 Å². The molecule has 1 unspecified atom stereocenters. The third-order valence-electron chi connectivity index (χ3n) is 2.95. The van der Waals surface area contributed by atoms with Gasteiger partial charge in [0.1, 0.15) is 4.90 Å². The first-order chi connectivity index (χ1) is 9.70. The number of nitrogens with one attached hydrogen (secondary N) is 2. The SMILES string of the molecule is CC(NS(=O)(=O)c1c(N)cc(Br)cc1Br)C(=O)NC1CC1. The minimum absolute atomic E-state index is 0.0724. The number of carbonyl (C=O) groups is 1. The van der Waals surface area contributed by atoms with Crippen molar-refractivity contribution in [2.75, 3.05) is 5.73 Å². The highest BCUT2D eigenvalue weighted by Crippen LogP contribution is 2.31. The van der Waals surface area contributed by atoms with E-state index in [0.29, 0.717) is 8.95 Å². The van der Waals surface area contributed by atoms with Crippen LogP contribution in [-0.4, -0.2) is 26.4 Å². The summed E-state index contributed by atoms with van der Waals surface area (Å²) in [6, 6.07) is 2.38. The van der Waals surface area contributed by atoms with Crippen molar-refractivity contribution in [2.24, 2.45) is 0 Å². The fourth-order valence-corrected chi connectivity index (χ4v) is 5.04. The average Bonchev–Trinajstić information content (AvgIpc) is 3.09. The van der Waals surface area contributed by atoms with Crippen LogP contribution < -0.4 is 15.8 Å². The molecule has 0 aliphatic heterocycles. The van der Waals surface area contributed by atoms with Gasteiger partial charge >= 0.3 is 0 Å². The maximum absolute atomic E-state index is 12.4. The second-order valence-corrected chi connectivity index (χ2v) is 8.35. The molecular weight excluding hydrogens is 426 g/mol. The van der Waals surface area contributed by atoms with E-state index in [9.17, 15) is 13.2 Å². The number of halogens is 2. The van der Waals surface area contributed by atoms with Crippen LogP contribution in [0.4, 0.5) is 5.69 Å². The summed E-state index contributed by atoms with van der Waals surface area (Å²) in [6.45, 7) is 1.50. The lowest BCUT2D eigenvalue weighted by molar-refractivity contribution is -0.122. The third-order valence-corrected chi connectivity index (χ3v) is 5.96. The quantitative estimate of drug-likeness (QED) is 0.607. The fourth-order valence-electron chi connectivity index (χ4n) is 1.76. The topological polar surface area (TPSA) is 101 Å². The standard InChI is InChI=1S/C12H15Br2N3O3S/c1-6(12(18)16-8-2-3-8)17-21(19,20)11-9(14)4-7(13)5-10(11)15/h4-6,8,17H,2-3,15H2,1H3,(H,16,18).